The van der Waals surface area contributed by atoms with Crippen molar-refractivity contribution in [2.45, 2.75) is 4.34 Å². The molecule has 0 spiro atoms. The van der Waals surface area contributed by atoms with Crippen molar-refractivity contribution in [3.05, 3.63) is 34.8 Å². The van der Waals surface area contributed by atoms with Gasteiger partial charge in [0.25, 0.3) is 0 Å². The maximum Gasteiger partial charge on any atom is 0.174 e. The van der Waals surface area contributed by atoms with Gasteiger partial charge < -0.3 is 5.32 Å². The molecule has 0 amide bonds. The summed E-state index contributed by atoms with van der Waals surface area (Å²) >= 11 is 9.07. The zero-order valence-corrected chi connectivity index (χ0v) is 10.8. The maximum absolute atomic E-state index is 5.79. The Balaban J connectivity index is 1.70. The molecule has 0 radical (unpaired) electrons. The van der Waals surface area contributed by atoms with E-state index in [-0.39, 0.29) is 0 Å². The Hall–Kier alpha value is -0.780. The van der Waals surface area contributed by atoms with Crippen LogP contribution in [0.4, 0.5) is 5.69 Å². The Morgan fingerprint density at radius 2 is 2.12 bits per heavy atom. The zero-order chi connectivity index (χ0) is 11.2. The summed E-state index contributed by atoms with van der Waals surface area (Å²) in [5, 5.41) is 11.8. The highest BCUT2D eigenvalue weighted by atomic mass is 35.5. The van der Waals surface area contributed by atoms with E-state index in [9.17, 15) is 0 Å². The molecule has 0 bridgehead atoms. The molecule has 1 aromatic carbocycles. The van der Waals surface area contributed by atoms with Gasteiger partial charge in [0.2, 0.25) is 0 Å². The van der Waals surface area contributed by atoms with Gasteiger partial charge in [0.15, 0.2) is 4.34 Å². The molecule has 2 aromatic rings. The Bertz CT molecular complexity index is 416. The van der Waals surface area contributed by atoms with Crippen LogP contribution in [0.2, 0.25) is 5.02 Å². The highest BCUT2D eigenvalue weighted by Crippen LogP contribution is 2.19. The molecule has 0 aliphatic heterocycles. The van der Waals surface area contributed by atoms with Crippen LogP contribution in [0.1, 0.15) is 0 Å². The molecule has 1 N–H and O–H groups in total. The fraction of sp³-hybridized carbons (Fsp3) is 0.200. The van der Waals surface area contributed by atoms with Crippen molar-refractivity contribution in [1.29, 1.82) is 0 Å². The van der Waals surface area contributed by atoms with Gasteiger partial charge in [-0.25, -0.2) is 0 Å². The lowest BCUT2D eigenvalue weighted by Gasteiger charge is -2.04. The second kappa shape index (κ2) is 6.08. The topological polar surface area (TPSA) is 37.8 Å². The molecule has 6 heteroatoms. The van der Waals surface area contributed by atoms with Crippen LogP contribution in [0.5, 0.6) is 0 Å². The lowest BCUT2D eigenvalue weighted by Crippen LogP contribution is -2.03. The molecule has 0 saturated heterocycles. The van der Waals surface area contributed by atoms with Crippen molar-refractivity contribution >= 4 is 40.4 Å². The Morgan fingerprint density at radius 1 is 1.31 bits per heavy atom. The molecule has 0 aliphatic rings. The van der Waals surface area contributed by atoms with Crippen LogP contribution >= 0.6 is 34.7 Å². The quantitative estimate of drug-likeness (QED) is 0.668. The van der Waals surface area contributed by atoms with Gasteiger partial charge in [0.05, 0.1) is 0 Å². The minimum absolute atomic E-state index is 0.758. The van der Waals surface area contributed by atoms with Crippen LogP contribution in [0.3, 0.4) is 0 Å². The highest BCUT2D eigenvalue weighted by molar-refractivity contribution is 8.01. The SMILES string of the molecule is Clc1ccc(NCCSc2nncs2)cc1. The van der Waals surface area contributed by atoms with Gasteiger partial charge in [-0.2, -0.15) is 0 Å². The molecule has 1 aromatic heterocycles. The van der Waals surface area contributed by atoms with Crippen molar-refractivity contribution < 1.29 is 0 Å². The number of benzene rings is 1. The van der Waals surface area contributed by atoms with Crippen LogP contribution in [0, 0.1) is 0 Å². The minimum atomic E-state index is 0.758. The molecule has 0 unspecified atom stereocenters. The number of hydrogen-bond donors (Lipinski definition) is 1. The van der Waals surface area contributed by atoms with E-state index in [1.165, 1.54) is 0 Å². The van der Waals surface area contributed by atoms with Crippen molar-refractivity contribution in [3.63, 3.8) is 0 Å². The van der Waals surface area contributed by atoms with Crippen molar-refractivity contribution in [1.82, 2.24) is 10.2 Å². The predicted molar refractivity (Wildman–Crippen MR) is 70.6 cm³/mol. The number of aromatic nitrogens is 2. The molecule has 0 fully saturated rings. The lowest BCUT2D eigenvalue weighted by molar-refractivity contribution is 1.01. The van der Waals surface area contributed by atoms with Crippen LogP contribution in [-0.4, -0.2) is 22.5 Å². The van der Waals surface area contributed by atoms with E-state index in [2.05, 4.69) is 15.5 Å². The molecule has 0 atom stereocenters. The summed E-state index contributed by atoms with van der Waals surface area (Å²) in [6.07, 6.45) is 0. The van der Waals surface area contributed by atoms with Crippen molar-refractivity contribution in [2.24, 2.45) is 0 Å². The normalized spacial score (nSPS) is 10.3. The van der Waals surface area contributed by atoms with Gasteiger partial charge in [-0.15, -0.1) is 10.2 Å². The first-order valence-corrected chi connectivity index (χ1v) is 6.97. The number of nitrogens with zero attached hydrogens (tertiary/aromatic N) is 2. The molecule has 0 saturated carbocycles. The summed E-state index contributed by atoms with van der Waals surface area (Å²) in [6, 6.07) is 7.69. The first kappa shape index (κ1) is 11.7. The zero-order valence-electron chi connectivity index (χ0n) is 8.39. The van der Waals surface area contributed by atoms with Gasteiger partial charge in [-0.3, -0.25) is 0 Å². The molecule has 0 aliphatic carbocycles. The van der Waals surface area contributed by atoms with Gasteiger partial charge in [0, 0.05) is 23.0 Å². The van der Waals surface area contributed by atoms with Crippen molar-refractivity contribution in [3.8, 4) is 0 Å². The van der Waals surface area contributed by atoms with Gasteiger partial charge in [0.1, 0.15) is 5.51 Å². The third-order valence-corrected chi connectivity index (χ3v) is 3.96. The molecular weight excluding hydrogens is 262 g/mol. The van der Waals surface area contributed by atoms with E-state index >= 15 is 0 Å². The fourth-order valence-electron chi connectivity index (χ4n) is 1.13. The molecule has 2 rings (SSSR count). The van der Waals surface area contributed by atoms with E-state index in [4.69, 9.17) is 11.6 Å². The highest BCUT2D eigenvalue weighted by Gasteiger charge is 1.97. The summed E-state index contributed by atoms with van der Waals surface area (Å²) in [5.41, 5.74) is 2.83. The van der Waals surface area contributed by atoms with E-state index in [0.29, 0.717) is 0 Å². The second-order valence-corrected chi connectivity index (χ2v) is 5.60. The third-order valence-electron chi connectivity index (χ3n) is 1.84. The summed E-state index contributed by atoms with van der Waals surface area (Å²) in [5.74, 6) is 0.970. The van der Waals surface area contributed by atoms with Crippen LogP contribution in [-0.2, 0) is 0 Å². The van der Waals surface area contributed by atoms with Gasteiger partial charge >= 0.3 is 0 Å². The van der Waals surface area contributed by atoms with Crippen LogP contribution in [0.15, 0.2) is 34.1 Å². The fourth-order valence-corrected chi connectivity index (χ4v) is 2.67. The van der Waals surface area contributed by atoms with Crippen molar-refractivity contribution in [2.75, 3.05) is 17.6 Å². The summed E-state index contributed by atoms with van der Waals surface area (Å²) < 4.78 is 1.01. The smallest absolute Gasteiger partial charge is 0.174 e. The molecular formula is C10H10ClN3S2. The van der Waals surface area contributed by atoms with Crippen LogP contribution in [0.25, 0.3) is 0 Å². The minimum Gasteiger partial charge on any atom is -0.384 e. The Labute approximate surface area is 107 Å². The molecule has 3 nitrogen and oxygen atoms in total. The average Bonchev–Trinajstić information content (AvgIpc) is 2.80. The van der Waals surface area contributed by atoms with Gasteiger partial charge in [-0.1, -0.05) is 34.7 Å². The number of thioether (sulfide) groups is 1. The molecule has 84 valence electrons. The number of halogens is 1. The lowest BCUT2D eigenvalue weighted by atomic mass is 10.3. The number of anilines is 1. The van der Waals surface area contributed by atoms with Gasteiger partial charge in [-0.05, 0) is 24.3 Å². The average molecular weight is 272 g/mol. The Kier molecular flexibility index (Phi) is 4.44. The third kappa shape index (κ3) is 3.66. The second-order valence-electron chi connectivity index (χ2n) is 2.99. The largest absolute Gasteiger partial charge is 0.384 e. The van der Waals surface area contributed by atoms with E-state index in [1.54, 1.807) is 28.6 Å². The first-order chi connectivity index (χ1) is 7.84. The van der Waals surface area contributed by atoms with E-state index in [0.717, 1.165) is 27.3 Å². The van der Waals surface area contributed by atoms with E-state index < -0.39 is 0 Å². The molecule has 1 heterocycles. The Morgan fingerprint density at radius 3 is 2.81 bits per heavy atom. The summed E-state index contributed by atoms with van der Waals surface area (Å²) in [7, 11) is 0. The van der Waals surface area contributed by atoms with Crippen LogP contribution < -0.4 is 5.32 Å². The number of rotatable bonds is 5. The standard InChI is InChI=1S/C10H10ClN3S2/c11-8-1-3-9(4-2-8)12-5-6-15-10-14-13-7-16-10/h1-4,7,12H,5-6H2. The molecule has 16 heavy (non-hydrogen) atoms. The summed E-state index contributed by atoms with van der Waals surface area (Å²) in [4.78, 5) is 0. The number of nitrogens with one attached hydrogen (secondary N) is 1. The maximum atomic E-state index is 5.79. The van der Waals surface area contributed by atoms with E-state index in [1.807, 2.05) is 24.3 Å². The monoisotopic (exact) mass is 271 g/mol. The first-order valence-electron chi connectivity index (χ1n) is 4.73. The predicted octanol–water partition coefficient (Wildman–Crippen LogP) is 3.40. The summed E-state index contributed by atoms with van der Waals surface area (Å²) in [6.45, 7) is 0.895. The number of hydrogen-bond acceptors (Lipinski definition) is 5.